The predicted molar refractivity (Wildman–Crippen MR) is 84.9 cm³/mol. The van der Waals surface area contributed by atoms with Crippen LogP contribution >= 0.6 is 0 Å². The molecule has 1 aromatic rings. The van der Waals surface area contributed by atoms with Crippen LogP contribution in [0.25, 0.3) is 0 Å². The van der Waals surface area contributed by atoms with E-state index in [1.165, 1.54) is 24.1 Å². The van der Waals surface area contributed by atoms with Crippen molar-refractivity contribution in [2.45, 2.75) is 71.4 Å². The van der Waals surface area contributed by atoms with Gasteiger partial charge in [-0.2, -0.15) is 5.10 Å². The van der Waals surface area contributed by atoms with Gasteiger partial charge < -0.3 is 5.32 Å². The third-order valence-electron chi connectivity index (χ3n) is 4.09. The summed E-state index contributed by atoms with van der Waals surface area (Å²) in [6.45, 7) is 7.79. The SMILES string of the molecule is CCC(CC)n1ccc(CC(C)=CCCNC2CC2)n1. The monoisotopic (exact) mass is 275 g/mol. The van der Waals surface area contributed by atoms with E-state index in [0.717, 1.165) is 38.3 Å². The zero-order valence-corrected chi connectivity index (χ0v) is 13.2. The highest BCUT2D eigenvalue weighted by molar-refractivity contribution is 5.12. The van der Waals surface area contributed by atoms with Gasteiger partial charge in [-0.1, -0.05) is 25.5 Å². The van der Waals surface area contributed by atoms with E-state index in [0.29, 0.717) is 6.04 Å². The van der Waals surface area contributed by atoms with Crippen molar-refractivity contribution in [2.75, 3.05) is 6.54 Å². The summed E-state index contributed by atoms with van der Waals surface area (Å²) in [7, 11) is 0. The molecule has 0 radical (unpaired) electrons. The summed E-state index contributed by atoms with van der Waals surface area (Å²) in [4.78, 5) is 0. The third-order valence-corrected chi connectivity index (χ3v) is 4.09. The Kier molecular flexibility index (Phi) is 5.84. The van der Waals surface area contributed by atoms with Gasteiger partial charge in [0.25, 0.3) is 0 Å². The highest BCUT2D eigenvalue weighted by atomic mass is 15.3. The lowest BCUT2D eigenvalue weighted by Crippen LogP contribution is -2.16. The van der Waals surface area contributed by atoms with E-state index in [9.17, 15) is 0 Å². The van der Waals surface area contributed by atoms with Gasteiger partial charge in [0.1, 0.15) is 0 Å². The molecule has 1 aliphatic rings. The van der Waals surface area contributed by atoms with Crippen molar-refractivity contribution in [3.63, 3.8) is 0 Å². The first kappa shape index (κ1) is 15.3. The highest BCUT2D eigenvalue weighted by Crippen LogP contribution is 2.18. The second-order valence-corrected chi connectivity index (χ2v) is 6.00. The molecule has 1 fully saturated rings. The van der Waals surface area contributed by atoms with Gasteiger partial charge in [-0.3, -0.25) is 4.68 Å². The Morgan fingerprint density at radius 2 is 2.20 bits per heavy atom. The predicted octanol–water partition coefficient (Wildman–Crippen LogP) is 3.88. The molecule has 2 rings (SSSR count). The number of hydrogen-bond acceptors (Lipinski definition) is 2. The molecule has 112 valence electrons. The normalized spacial score (nSPS) is 16.1. The van der Waals surface area contributed by atoms with Crippen LogP contribution in [0.2, 0.25) is 0 Å². The zero-order valence-electron chi connectivity index (χ0n) is 13.2. The minimum Gasteiger partial charge on any atom is -0.314 e. The fourth-order valence-corrected chi connectivity index (χ4v) is 2.59. The smallest absolute Gasteiger partial charge is 0.0664 e. The molecule has 20 heavy (non-hydrogen) atoms. The zero-order chi connectivity index (χ0) is 14.4. The van der Waals surface area contributed by atoms with Gasteiger partial charge in [0.05, 0.1) is 11.7 Å². The van der Waals surface area contributed by atoms with E-state index in [1.54, 1.807) is 0 Å². The van der Waals surface area contributed by atoms with Gasteiger partial charge in [0.15, 0.2) is 0 Å². The van der Waals surface area contributed by atoms with Crippen molar-refractivity contribution < 1.29 is 0 Å². The Hall–Kier alpha value is -1.09. The lowest BCUT2D eigenvalue weighted by Gasteiger charge is -2.12. The molecule has 3 nitrogen and oxygen atoms in total. The number of hydrogen-bond donors (Lipinski definition) is 1. The molecule has 0 spiro atoms. The van der Waals surface area contributed by atoms with Crippen LogP contribution in [0.4, 0.5) is 0 Å². The first-order valence-corrected chi connectivity index (χ1v) is 8.16. The van der Waals surface area contributed by atoms with E-state index in [4.69, 9.17) is 5.10 Å². The van der Waals surface area contributed by atoms with Gasteiger partial charge >= 0.3 is 0 Å². The van der Waals surface area contributed by atoms with Crippen LogP contribution in [0.3, 0.4) is 0 Å². The van der Waals surface area contributed by atoms with Crippen molar-refractivity contribution in [2.24, 2.45) is 0 Å². The summed E-state index contributed by atoms with van der Waals surface area (Å²) in [5, 5.41) is 8.26. The van der Waals surface area contributed by atoms with Crippen LogP contribution in [-0.2, 0) is 6.42 Å². The summed E-state index contributed by atoms with van der Waals surface area (Å²) in [6, 6.07) is 3.54. The van der Waals surface area contributed by atoms with Crippen LogP contribution in [0.15, 0.2) is 23.9 Å². The second-order valence-electron chi connectivity index (χ2n) is 6.00. The van der Waals surface area contributed by atoms with Crippen molar-refractivity contribution in [3.05, 3.63) is 29.6 Å². The van der Waals surface area contributed by atoms with E-state index < -0.39 is 0 Å². The largest absolute Gasteiger partial charge is 0.314 e. The summed E-state index contributed by atoms with van der Waals surface area (Å²) in [5.41, 5.74) is 2.62. The molecule has 1 aliphatic carbocycles. The van der Waals surface area contributed by atoms with Crippen molar-refractivity contribution >= 4 is 0 Å². The second kappa shape index (κ2) is 7.63. The van der Waals surface area contributed by atoms with Crippen LogP contribution in [0.1, 0.15) is 64.6 Å². The lowest BCUT2D eigenvalue weighted by atomic mass is 10.1. The van der Waals surface area contributed by atoms with E-state index in [-0.39, 0.29) is 0 Å². The van der Waals surface area contributed by atoms with Gasteiger partial charge in [0.2, 0.25) is 0 Å². The van der Waals surface area contributed by atoms with Crippen LogP contribution in [0.5, 0.6) is 0 Å². The minimum absolute atomic E-state index is 0.552. The molecule has 0 aliphatic heterocycles. The Bertz CT molecular complexity index is 425. The quantitative estimate of drug-likeness (QED) is 0.547. The fraction of sp³-hybridized carbons (Fsp3) is 0.706. The molecule has 0 bridgehead atoms. The van der Waals surface area contributed by atoms with Crippen LogP contribution in [0, 0.1) is 0 Å². The minimum atomic E-state index is 0.552. The molecule has 0 atom stereocenters. The maximum atomic E-state index is 4.72. The third kappa shape index (κ3) is 4.78. The Morgan fingerprint density at radius 1 is 1.45 bits per heavy atom. The number of allylic oxidation sites excluding steroid dienone is 1. The lowest BCUT2D eigenvalue weighted by molar-refractivity contribution is 0.426. The molecule has 0 unspecified atom stereocenters. The van der Waals surface area contributed by atoms with Crippen molar-refractivity contribution in [1.82, 2.24) is 15.1 Å². The van der Waals surface area contributed by atoms with E-state index >= 15 is 0 Å². The molecular formula is C17H29N3. The summed E-state index contributed by atoms with van der Waals surface area (Å²) >= 11 is 0. The maximum Gasteiger partial charge on any atom is 0.0664 e. The Morgan fingerprint density at radius 3 is 2.85 bits per heavy atom. The molecule has 1 heterocycles. The molecule has 0 amide bonds. The summed E-state index contributed by atoms with van der Waals surface area (Å²) in [6.07, 6.45) is 11.7. The number of nitrogens with zero attached hydrogens (tertiary/aromatic N) is 2. The van der Waals surface area contributed by atoms with Crippen LogP contribution in [-0.4, -0.2) is 22.4 Å². The van der Waals surface area contributed by atoms with Gasteiger partial charge in [0, 0.05) is 18.7 Å². The molecule has 1 N–H and O–H groups in total. The molecule has 0 saturated heterocycles. The summed E-state index contributed by atoms with van der Waals surface area (Å²) in [5.74, 6) is 0. The molecular weight excluding hydrogens is 246 g/mol. The van der Waals surface area contributed by atoms with Gasteiger partial charge in [-0.25, -0.2) is 0 Å². The average molecular weight is 275 g/mol. The van der Waals surface area contributed by atoms with E-state index in [2.05, 4.69) is 49.1 Å². The number of rotatable bonds is 9. The molecule has 0 aromatic carbocycles. The van der Waals surface area contributed by atoms with Crippen molar-refractivity contribution in [1.29, 1.82) is 0 Å². The Balaban J connectivity index is 1.77. The van der Waals surface area contributed by atoms with E-state index in [1.807, 2.05) is 0 Å². The molecule has 1 saturated carbocycles. The standard InChI is InChI=1S/C17H29N3/c1-4-17(5-2)20-12-10-16(19-20)13-14(3)7-6-11-18-15-8-9-15/h7,10,12,15,17-18H,4-6,8-9,11,13H2,1-3H3. The molecule has 3 heteroatoms. The van der Waals surface area contributed by atoms with Crippen LogP contribution < -0.4 is 5.32 Å². The maximum absolute atomic E-state index is 4.72. The number of aromatic nitrogens is 2. The van der Waals surface area contributed by atoms with Crippen molar-refractivity contribution in [3.8, 4) is 0 Å². The summed E-state index contributed by atoms with van der Waals surface area (Å²) < 4.78 is 2.14. The fourth-order valence-electron chi connectivity index (χ4n) is 2.59. The molecule has 1 aromatic heterocycles. The first-order valence-electron chi connectivity index (χ1n) is 8.16. The Labute approximate surface area is 123 Å². The topological polar surface area (TPSA) is 29.9 Å². The van der Waals surface area contributed by atoms with Gasteiger partial charge in [-0.15, -0.1) is 0 Å². The highest BCUT2D eigenvalue weighted by Gasteiger charge is 2.19. The first-order chi connectivity index (χ1) is 9.72. The number of nitrogens with one attached hydrogen (secondary N) is 1. The van der Waals surface area contributed by atoms with Gasteiger partial charge in [-0.05, 0) is 51.6 Å². The average Bonchev–Trinajstić information content (AvgIpc) is 3.16.